The van der Waals surface area contributed by atoms with E-state index in [0.29, 0.717) is 11.8 Å². The maximum absolute atomic E-state index is 5.76. The molecule has 0 spiro atoms. The van der Waals surface area contributed by atoms with Gasteiger partial charge in [0.2, 0.25) is 0 Å². The number of rotatable bonds is 42. The average molecular weight is 3910 g/mol. The van der Waals surface area contributed by atoms with Crippen molar-refractivity contribution < 1.29 is 0 Å². The Morgan fingerprint density at radius 2 is 0.297 bits per heavy atom. The average Bonchev–Trinajstić information content (AvgIpc) is 0.851. The van der Waals surface area contributed by atoms with Crippen LogP contribution in [0.1, 0.15) is 213 Å². The summed E-state index contributed by atoms with van der Waals surface area (Å²) < 4.78 is 26.7. The van der Waals surface area contributed by atoms with Crippen LogP contribution in [0.3, 0.4) is 0 Å². The molecule has 5 aromatic carbocycles. The first-order valence-corrected chi connectivity index (χ1v) is 69.4. The van der Waals surface area contributed by atoms with Crippen molar-refractivity contribution in [2.24, 2.45) is 0 Å². The Labute approximate surface area is 933 Å². The summed E-state index contributed by atoms with van der Waals surface area (Å²) in [5.74, 6) is 1.13. The SMILES string of the molecule is ClCc1ccc2cc(CCl)ccc2c1.ICCCCCCCCCI.ICCCCCCCCI.ICCCCCCCI.ICCCCCCI.ICCCCCI.ICCCCI.ICCCI.ICCI.ICI.ICc1ccc(CI)cc1.ICc1ccc2cc(CI)ccc2c1. The van der Waals surface area contributed by atoms with Crippen LogP contribution in [0.4, 0.5) is 0 Å². The number of alkyl halides is 24. The molecule has 0 aliphatic rings. The fraction of sp³-hybridized carbons (Fsp3) is 0.662. The van der Waals surface area contributed by atoms with Crippen molar-refractivity contribution >= 4 is 542 Å². The summed E-state index contributed by atoms with van der Waals surface area (Å²) in [5.41, 5.74) is 7.93. The van der Waals surface area contributed by atoms with E-state index in [0.717, 1.165) is 28.8 Å². The van der Waals surface area contributed by atoms with Crippen molar-refractivity contribution in [3.8, 4) is 0 Å². The third-order valence-corrected chi connectivity index (χ3v) is 31.0. The van der Waals surface area contributed by atoms with Gasteiger partial charge < -0.3 is 0 Å². The molecular weight excluding hydrogens is 3790 g/mol. The molecule has 24 heteroatoms. The normalized spacial score (nSPS) is 9.82. The van der Waals surface area contributed by atoms with E-state index in [1.165, 1.54) is 297 Å². The van der Waals surface area contributed by atoms with E-state index in [2.05, 4.69) is 582 Å². The highest BCUT2D eigenvalue weighted by molar-refractivity contribution is 14.2. The molecule has 0 fully saturated rings. The lowest BCUT2D eigenvalue weighted by Crippen LogP contribution is -1.81. The van der Waals surface area contributed by atoms with Crippen molar-refractivity contribution in [1.29, 1.82) is 0 Å². The summed E-state index contributed by atoms with van der Waals surface area (Å²) in [6, 6.07) is 34.7. The molecule has 0 N–H and O–H groups in total. The van der Waals surface area contributed by atoms with Crippen LogP contribution in [0.15, 0.2) is 97.1 Å². The van der Waals surface area contributed by atoms with Gasteiger partial charge in [0.05, 0.1) is 2.43 Å². The Bertz CT molecular complexity index is 2020. The van der Waals surface area contributed by atoms with E-state index >= 15 is 0 Å². The zero-order valence-corrected chi connectivity index (χ0v) is 108. The summed E-state index contributed by atoms with van der Waals surface area (Å²) in [7, 11) is 0. The zero-order valence-electron chi connectivity index (χ0n) is 59.4. The number of hydrogen-bond donors (Lipinski definition) is 0. The van der Waals surface area contributed by atoms with E-state index in [9.17, 15) is 0 Å². The van der Waals surface area contributed by atoms with Gasteiger partial charge >= 0.3 is 0 Å². The molecule has 5 rings (SSSR count). The van der Waals surface area contributed by atoms with Crippen LogP contribution in [-0.2, 0) is 29.5 Å². The monoisotopic (exact) mass is 3900 g/mol. The van der Waals surface area contributed by atoms with Gasteiger partial charge in [-0.3, -0.25) is 0 Å². The van der Waals surface area contributed by atoms with Crippen molar-refractivity contribution in [1.82, 2.24) is 0 Å². The predicted molar refractivity (Wildman–Crippen MR) is 669 cm³/mol. The van der Waals surface area contributed by atoms with Gasteiger partial charge in [-0.2, -0.15) is 0 Å². The standard InChI is InChI=1S/C12H10Cl2.C12H10I2.C9H18I2.C8H8I2.C8H16I2.C7H14I2.C6H12I2.C5H10I2.C4H8I2.C3H6I2.C2H4I2.CH2I2/c2*13-7-9-1-3-11-6-10(8-14)2-4-12(11)5-9;10-8-6-4-2-1-3-5-7-9-11;9-5-7-1-2-8(6-10)4-3-7;9-7-5-3-1-2-4-6-8-10;8-6-4-2-1-3-5-7-9;7-5-3-1-2-4-6-8;6-4-2-1-3-5-7;5-3-1-2-4-6;4-2-1-3-5;3-1-2-4;2-1-3/h2*1-6H,7-8H2;1-9H2;1-4H,5-6H2;1-8H2;1-7H2;1-6H2;1-5H2;1-4H2;1-3H2;1-2H2;1H2. The lowest BCUT2D eigenvalue weighted by molar-refractivity contribution is 0.608. The number of unbranched alkanes of at least 4 members (excludes halogenated alkanes) is 21. The second-order valence-corrected chi connectivity index (χ2v) is 47.0. The molecule has 0 bridgehead atoms. The molecule has 0 heterocycles. The van der Waals surface area contributed by atoms with Crippen LogP contribution in [0.2, 0.25) is 0 Å². The topological polar surface area (TPSA) is 0 Å². The second kappa shape index (κ2) is 117. The number of fused-ring (bicyclic) bond motifs is 2. The highest BCUT2D eigenvalue weighted by atomic mass is 127. The third-order valence-electron chi connectivity index (χ3n) is 13.1. The third kappa shape index (κ3) is 106. The lowest BCUT2D eigenvalue weighted by Gasteiger charge is -2.02. The number of hydrogen-bond acceptors (Lipinski definition) is 0. The fourth-order valence-electron chi connectivity index (χ4n) is 7.58. The van der Waals surface area contributed by atoms with Crippen LogP contribution in [-0.4, -0.2) is 73.3 Å². The number of benzene rings is 5. The van der Waals surface area contributed by atoms with Gasteiger partial charge in [0, 0.05) is 47.2 Å². The Balaban J connectivity index is -0.000000195. The van der Waals surface area contributed by atoms with Gasteiger partial charge in [0.15, 0.2) is 0 Å². The van der Waals surface area contributed by atoms with Gasteiger partial charge in [0.25, 0.3) is 0 Å². The van der Waals surface area contributed by atoms with Crippen molar-refractivity contribution in [2.75, 3.05) is 73.3 Å². The van der Waals surface area contributed by atoms with Gasteiger partial charge in [-0.1, -0.05) is 678 Å². The Kier molecular flexibility index (Phi) is 148. The quantitative estimate of drug-likeness (QED) is 0.0208. The first-order chi connectivity index (χ1) is 49.3. The minimum atomic E-state index is 0.563. The molecule has 0 saturated heterocycles. The van der Waals surface area contributed by atoms with Gasteiger partial charge in [0.1, 0.15) is 0 Å². The summed E-state index contributed by atoms with van der Waals surface area (Å²) in [4.78, 5) is 0. The Morgan fingerprint density at radius 3 is 0.446 bits per heavy atom. The van der Waals surface area contributed by atoms with Crippen molar-refractivity contribution in [3.63, 3.8) is 0 Å². The maximum atomic E-state index is 5.76. The van der Waals surface area contributed by atoms with Gasteiger partial charge in [-0.05, 0) is 204 Å². The largest absolute Gasteiger partial charge is 0.122 e. The molecule has 594 valence electrons. The summed E-state index contributed by atoms with van der Waals surface area (Å²) in [6.07, 6.45) is 40.1. The summed E-state index contributed by atoms with van der Waals surface area (Å²) in [5, 5.41) is 5.15. The molecule has 0 nitrogen and oxygen atoms in total. The molecule has 5 aromatic rings. The lowest BCUT2D eigenvalue weighted by atomic mass is 10.1. The van der Waals surface area contributed by atoms with Crippen LogP contribution in [0.25, 0.3) is 21.5 Å². The van der Waals surface area contributed by atoms with E-state index in [4.69, 9.17) is 23.2 Å². The van der Waals surface area contributed by atoms with Gasteiger partial charge in [-0.25, -0.2) is 0 Å². The molecule has 0 aromatic heterocycles. The molecular formula is C77H118Cl2I22. The fourth-order valence-corrected chi connectivity index (χ4v) is 18.6. The molecule has 0 radical (unpaired) electrons. The Hall–Kier alpha value is 13.3. The maximum Gasteiger partial charge on any atom is 0.0516 e. The second-order valence-electron chi connectivity index (χ2n) is 21.7. The molecule has 0 unspecified atom stereocenters. The van der Waals surface area contributed by atoms with E-state index in [-0.39, 0.29) is 0 Å². The van der Waals surface area contributed by atoms with E-state index in [1.54, 1.807) is 0 Å². The molecule has 0 aliphatic carbocycles. The first kappa shape index (κ1) is 127. The minimum Gasteiger partial charge on any atom is -0.122 e. The smallest absolute Gasteiger partial charge is 0.0516 e. The van der Waals surface area contributed by atoms with Crippen molar-refractivity contribution in [3.05, 3.63) is 130 Å². The molecule has 101 heavy (non-hydrogen) atoms. The molecule has 0 amide bonds. The highest BCUT2D eigenvalue weighted by Crippen LogP contribution is 2.22. The molecule has 0 saturated carbocycles. The van der Waals surface area contributed by atoms with Crippen LogP contribution in [0, 0.1) is 0 Å². The molecule has 0 atom stereocenters. The number of halogens is 24. The zero-order chi connectivity index (χ0) is 77.1. The Morgan fingerprint density at radius 1 is 0.158 bits per heavy atom. The first-order valence-electron chi connectivity index (χ1n) is 34.8. The minimum absolute atomic E-state index is 0.563. The van der Waals surface area contributed by atoms with Crippen LogP contribution >= 0.6 is 520 Å². The van der Waals surface area contributed by atoms with Crippen LogP contribution in [0.5, 0.6) is 0 Å². The van der Waals surface area contributed by atoms with Crippen LogP contribution < -0.4 is 0 Å². The van der Waals surface area contributed by atoms with Gasteiger partial charge in [-0.15, -0.1) is 23.2 Å². The highest BCUT2D eigenvalue weighted by Gasteiger charge is 2.00. The summed E-state index contributed by atoms with van der Waals surface area (Å²) in [6.45, 7) is 0. The summed E-state index contributed by atoms with van der Waals surface area (Å²) >= 11 is 64.3. The van der Waals surface area contributed by atoms with Crippen molar-refractivity contribution in [2.45, 2.75) is 209 Å². The van der Waals surface area contributed by atoms with E-state index < -0.39 is 0 Å². The molecule has 0 aliphatic heterocycles. The van der Waals surface area contributed by atoms with E-state index in [1.807, 2.05) is 12.1 Å². The predicted octanol–water partition coefficient (Wildman–Crippen LogP) is 40.2.